The van der Waals surface area contributed by atoms with Gasteiger partial charge in [-0.15, -0.1) is 0 Å². The number of carbonyl (C=O) groups excluding carboxylic acids is 1. The molecule has 3 nitrogen and oxygen atoms in total. The molecule has 2 aromatic rings. The number of nitrogens with two attached hydrogens (primary N) is 1. The molecule has 0 aliphatic carbocycles. The number of nitrogens with one attached hydrogen (secondary N) is 1. The summed E-state index contributed by atoms with van der Waals surface area (Å²) < 4.78 is 13.7. The topological polar surface area (TPSA) is 55.1 Å². The maximum absolute atomic E-state index is 13.7. The van der Waals surface area contributed by atoms with Gasteiger partial charge >= 0.3 is 0 Å². The smallest absolute Gasteiger partial charge is 0.252 e. The lowest BCUT2D eigenvalue weighted by Gasteiger charge is -2.26. The van der Waals surface area contributed by atoms with E-state index in [-0.39, 0.29) is 17.3 Å². The predicted octanol–water partition coefficient (Wildman–Crippen LogP) is 2.84. The number of rotatable bonds is 4. The molecule has 3 N–H and O–H groups in total. The van der Waals surface area contributed by atoms with Gasteiger partial charge in [0.1, 0.15) is 5.82 Å². The van der Waals surface area contributed by atoms with Crippen LogP contribution in [-0.4, -0.2) is 18.0 Å². The van der Waals surface area contributed by atoms with Gasteiger partial charge in [0.25, 0.3) is 5.91 Å². The largest absolute Gasteiger partial charge is 0.347 e. The van der Waals surface area contributed by atoms with Gasteiger partial charge < -0.3 is 11.1 Å². The molecule has 0 aromatic heterocycles. The first-order chi connectivity index (χ1) is 9.44. The number of halogens is 1. The van der Waals surface area contributed by atoms with Crippen LogP contribution in [0.25, 0.3) is 10.8 Å². The minimum Gasteiger partial charge on any atom is -0.347 e. The average Bonchev–Trinajstić information content (AvgIpc) is 2.38. The van der Waals surface area contributed by atoms with Gasteiger partial charge in [-0.05, 0) is 44.3 Å². The van der Waals surface area contributed by atoms with E-state index in [1.54, 1.807) is 24.3 Å². The van der Waals surface area contributed by atoms with Crippen molar-refractivity contribution in [2.75, 3.05) is 6.54 Å². The highest BCUT2D eigenvalue weighted by atomic mass is 19.1. The number of carbonyl (C=O) groups is 1. The van der Waals surface area contributed by atoms with E-state index in [0.29, 0.717) is 29.3 Å². The van der Waals surface area contributed by atoms with Crippen molar-refractivity contribution in [2.24, 2.45) is 5.73 Å². The van der Waals surface area contributed by atoms with Crippen molar-refractivity contribution in [3.63, 3.8) is 0 Å². The summed E-state index contributed by atoms with van der Waals surface area (Å²) in [6, 6.07) is 9.82. The molecule has 1 amide bonds. The van der Waals surface area contributed by atoms with Crippen molar-refractivity contribution in [3.05, 3.63) is 47.8 Å². The van der Waals surface area contributed by atoms with Gasteiger partial charge in [-0.3, -0.25) is 4.79 Å². The van der Waals surface area contributed by atoms with Crippen LogP contribution in [0.1, 0.15) is 30.6 Å². The minimum absolute atomic E-state index is 0.209. The summed E-state index contributed by atoms with van der Waals surface area (Å²) in [5, 5.41) is 4.02. The van der Waals surface area contributed by atoms with Gasteiger partial charge in [-0.2, -0.15) is 0 Å². The van der Waals surface area contributed by atoms with Crippen LogP contribution in [0.2, 0.25) is 0 Å². The SMILES string of the molecule is CC(C)(CCN)NC(=O)c1ccc(F)c2ccccc12. The average molecular weight is 274 g/mol. The van der Waals surface area contributed by atoms with E-state index in [1.165, 1.54) is 12.1 Å². The number of fused-ring (bicyclic) bond motifs is 1. The lowest BCUT2D eigenvalue weighted by atomic mass is 9.98. The van der Waals surface area contributed by atoms with Gasteiger partial charge in [0.15, 0.2) is 0 Å². The highest BCUT2D eigenvalue weighted by molar-refractivity contribution is 6.07. The Balaban J connectivity index is 2.38. The minimum atomic E-state index is -0.388. The third-order valence-electron chi connectivity index (χ3n) is 3.34. The van der Waals surface area contributed by atoms with Gasteiger partial charge in [0.2, 0.25) is 0 Å². The molecule has 106 valence electrons. The normalized spacial score (nSPS) is 11.6. The Morgan fingerprint density at radius 2 is 1.85 bits per heavy atom. The molecule has 0 saturated carbocycles. The zero-order chi connectivity index (χ0) is 14.8. The summed E-state index contributed by atoms with van der Waals surface area (Å²) in [6.45, 7) is 4.34. The quantitative estimate of drug-likeness (QED) is 0.900. The van der Waals surface area contributed by atoms with E-state index >= 15 is 0 Å². The lowest BCUT2D eigenvalue weighted by molar-refractivity contribution is 0.0912. The van der Waals surface area contributed by atoms with Crippen molar-refractivity contribution >= 4 is 16.7 Å². The zero-order valence-electron chi connectivity index (χ0n) is 11.7. The fraction of sp³-hybridized carbons (Fsp3) is 0.312. The Labute approximate surface area is 118 Å². The Hall–Kier alpha value is -1.94. The molecule has 0 bridgehead atoms. The second kappa shape index (κ2) is 5.59. The number of benzene rings is 2. The first-order valence-electron chi connectivity index (χ1n) is 6.64. The predicted molar refractivity (Wildman–Crippen MR) is 79.1 cm³/mol. The van der Waals surface area contributed by atoms with Crippen LogP contribution in [-0.2, 0) is 0 Å². The standard InChI is InChI=1S/C16H19FN2O/c1-16(2,9-10-18)19-15(20)13-7-8-14(17)12-6-4-3-5-11(12)13/h3-8H,9-10,18H2,1-2H3,(H,19,20). The van der Waals surface area contributed by atoms with Gasteiger partial charge in [0, 0.05) is 16.5 Å². The molecular weight excluding hydrogens is 255 g/mol. The first-order valence-corrected chi connectivity index (χ1v) is 6.64. The molecule has 2 aromatic carbocycles. The molecule has 0 unspecified atom stereocenters. The Bertz CT molecular complexity index is 637. The summed E-state index contributed by atoms with van der Waals surface area (Å²) in [4.78, 5) is 12.4. The molecule has 20 heavy (non-hydrogen) atoms. The Morgan fingerprint density at radius 1 is 1.20 bits per heavy atom. The molecule has 4 heteroatoms. The summed E-state index contributed by atoms with van der Waals surface area (Å²) in [5.41, 5.74) is 5.63. The summed E-state index contributed by atoms with van der Waals surface area (Å²) in [7, 11) is 0. The fourth-order valence-corrected chi connectivity index (χ4v) is 2.26. The summed E-state index contributed by atoms with van der Waals surface area (Å²) >= 11 is 0. The van der Waals surface area contributed by atoms with Crippen molar-refractivity contribution in [1.29, 1.82) is 0 Å². The molecule has 0 aliphatic rings. The Morgan fingerprint density at radius 3 is 2.50 bits per heavy atom. The number of hydrogen-bond donors (Lipinski definition) is 2. The molecule has 0 aliphatic heterocycles. The number of amides is 1. The van der Waals surface area contributed by atoms with Crippen molar-refractivity contribution in [1.82, 2.24) is 5.32 Å². The van der Waals surface area contributed by atoms with Crippen LogP contribution in [0.3, 0.4) is 0 Å². The molecule has 0 saturated heterocycles. The van der Waals surface area contributed by atoms with Gasteiger partial charge in [0.05, 0.1) is 0 Å². The van der Waals surface area contributed by atoms with E-state index in [0.717, 1.165) is 0 Å². The van der Waals surface area contributed by atoms with Crippen LogP contribution in [0.5, 0.6) is 0 Å². The zero-order valence-corrected chi connectivity index (χ0v) is 11.7. The lowest BCUT2D eigenvalue weighted by Crippen LogP contribution is -2.44. The highest BCUT2D eigenvalue weighted by Gasteiger charge is 2.21. The third-order valence-corrected chi connectivity index (χ3v) is 3.34. The van der Waals surface area contributed by atoms with Crippen molar-refractivity contribution in [3.8, 4) is 0 Å². The van der Waals surface area contributed by atoms with E-state index < -0.39 is 0 Å². The molecule has 0 atom stereocenters. The molecule has 0 fully saturated rings. The maximum Gasteiger partial charge on any atom is 0.252 e. The number of hydrogen-bond acceptors (Lipinski definition) is 2. The molecule has 0 radical (unpaired) electrons. The maximum atomic E-state index is 13.7. The van der Waals surface area contributed by atoms with Gasteiger partial charge in [-0.1, -0.05) is 24.3 Å². The van der Waals surface area contributed by atoms with Crippen LogP contribution >= 0.6 is 0 Å². The van der Waals surface area contributed by atoms with Crippen LogP contribution < -0.4 is 11.1 Å². The molecule has 0 heterocycles. The van der Waals surface area contributed by atoms with E-state index in [9.17, 15) is 9.18 Å². The van der Waals surface area contributed by atoms with Crippen LogP contribution in [0, 0.1) is 5.82 Å². The van der Waals surface area contributed by atoms with E-state index in [2.05, 4.69) is 5.32 Å². The van der Waals surface area contributed by atoms with Crippen LogP contribution in [0.4, 0.5) is 4.39 Å². The summed E-state index contributed by atoms with van der Waals surface area (Å²) in [5.74, 6) is -0.530. The monoisotopic (exact) mass is 274 g/mol. The Kier molecular flexibility index (Phi) is 4.04. The molecule has 2 rings (SSSR count). The molecular formula is C16H19FN2O. The highest BCUT2D eigenvalue weighted by Crippen LogP contribution is 2.22. The summed E-state index contributed by atoms with van der Waals surface area (Å²) in [6.07, 6.45) is 0.678. The molecule has 0 spiro atoms. The fourth-order valence-electron chi connectivity index (χ4n) is 2.26. The second-order valence-corrected chi connectivity index (χ2v) is 5.52. The van der Waals surface area contributed by atoms with E-state index in [4.69, 9.17) is 5.73 Å². The van der Waals surface area contributed by atoms with Gasteiger partial charge in [-0.25, -0.2) is 4.39 Å². The second-order valence-electron chi connectivity index (χ2n) is 5.52. The first kappa shape index (κ1) is 14.5. The van der Waals surface area contributed by atoms with Crippen LogP contribution in [0.15, 0.2) is 36.4 Å². The third kappa shape index (κ3) is 2.96. The van der Waals surface area contributed by atoms with E-state index in [1.807, 2.05) is 13.8 Å². The van der Waals surface area contributed by atoms with Crippen molar-refractivity contribution in [2.45, 2.75) is 25.8 Å². The van der Waals surface area contributed by atoms with Crippen molar-refractivity contribution < 1.29 is 9.18 Å².